The van der Waals surface area contributed by atoms with Crippen molar-refractivity contribution in [2.45, 2.75) is 46.3 Å². The lowest BCUT2D eigenvalue weighted by Crippen LogP contribution is -2.50. The van der Waals surface area contributed by atoms with E-state index < -0.39 is 6.04 Å². The number of hydrogen-bond donors (Lipinski definition) is 2. The molecule has 0 aliphatic rings. The molecule has 0 radical (unpaired) electrons. The first kappa shape index (κ1) is 21.0. The van der Waals surface area contributed by atoms with Crippen molar-refractivity contribution < 1.29 is 19.1 Å². The number of rotatable bonds is 10. The maximum Gasteiger partial charge on any atom is 0.251 e. The molecular formula is C19H30N2O4. The molecule has 0 aliphatic carbocycles. The van der Waals surface area contributed by atoms with Crippen LogP contribution < -0.4 is 15.4 Å². The number of benzene rings is 1. The Kier molecular flexibility index (Phi) is 8.99. The number of carbonyl (C=O) groups excluding carboxylic acids is 2. The Bertz CT molecular complexity index is 541. The van der Waals surface area contributed by atoms with Gasteiger partial charge in [0.25, 0.3) is 5.91 Å². The summed E-state index contributed by atoms with van der Waals surface area (Å²) < 4.78 is 10.5. The summed E-state index contributed by atoms with van der Waals surface area (Å²) in [6.45, 7) is 8.88. The number of carbonyl (C=O) groups is 2. The Balaban J connectivity index is 2.54. The highest BCUT2D eigenvalue weighted by molar-refractivity contribution is 5.97. The highest BCUT2D eigenvalue weighted by atomic mass is 16.5. The van der Waals surface area contributed by atoms with Crippen molar-refractivity contribution >= 4 is 11.8 Å². The van der Waals surface area contributed by atoms with Gasteiger partial charge in [0.15, 0.2) is 0 Å². The molecular weight excluding hydrogens is 320 g/mol. The molecule has 0 fully saturated rings. The van der Waals surface area contributed by atoms with Gasteiger partial charge >= 0.3 is 0 Å². The van der Waals surface area contributed by atoms with E-state index in [1.54, 1.807) is 31.4 Å². The van der Waals surface area contributed by atoms with Crippen molar-refractivity contribution in [2.24, 2.45) is 5.92 Å². The average molecular weight is 350 g/mol. The molecule has 140 valence electrons. The van der Waals surface area contributed by atoms with Crippen LogP contribution in [0.15, 0.2) is 24.3 Å². The van der Waals surface area contributed by atoms with Crippen LogP contribution in [0.5, 0.6) is 5.75 Å². The number of nitrogens with one attached hydrogen (secondary N) is 2. The monoisotopic (exact) mass is 350 g/mol. The first-order valence-corrected chi connectivity index (χ1v) is 8.69. The number of hydrogen-bond acceptors (Lipinski definition) is 4. The van der Waals surface area contributed by atoms with E-state index in [0.29, 0.717) is 24.5 Å². The van der Waals surface area contributed by atoms with Crippen LogP contribution >= 0.6 is 0 Å². The predicted octanol–water partition coefficient (Wildman–Crippen LogP) is 2.38. The van der Waals surface area contributed by atoms with Gasteiger partial charge < -0.3 is 20.1 Å². The van der Waals surface area contributed by atoms with Crippen LogP contribution in [0.25, 0.3) is 0 Å². The average Bonchev–Trinajstić information content (AvgIpc) is 2.58. The second kappa shape index (κ2) is 10.7. The molecule has 25 heavy (non-hydrogen) atoms. The third kappa shape index (κ3) is 7.56. The standard InChI is InChI=1S/C19H30N2O4/c1-13(2)17(19(23)20-11-6-12-25-14(3)4)21-18(22)15-7-9-16(24-5)10-8-15/h7-10,13-14,17H,6,11-12H2,1-5H3,(H,20,23)(H,21,22). The van der Waals surface area contributed by atoms with Gasteiger partial charge in [-0.2, -0.15) is 0 Å². The fourth-order valence-electron chi connectivity index (χ4n) is 2.21. The highest BCUT2D eigenvalue weighted by Gasteiger charge is 2.24. The van der Waals surface area contributed by atoms with E-state index in [9.17, 15) is 9.59 Å². The predicted molar refractivity (Wildman–Crippen MR) is 97.8 cm³/mol. The quantitative estimate of drug-likeness (QED) is 0.635. The molecule has 0 aliphatic heterocycles. The SMILES string of the molecule is COc1ccc(C(=O)NC(C(=O)NCCCOC(C)C)C(C)C)cc1. The lowest BCUT2D eigenvalue weighted by molar-refractivity contribution is -0.124. The zero-order chi connectivity index (χ0) is 18.8. The Morgan fingerprint density at radius 1 is 1.08 bits per heavy atom. The summed E-state index contributed by atoms with van der Waals surface area (Å²) in [5, 5.41) is 5.67. The lowest BCUT2D eigenvalue weighted by Gasteiger charge is -2.22. The van der Waals surface area contributed by atoms with Crippen LogP contribution in [-0.4, -0.2) is 44.2 Å². The normalized spacial score (nSPS) is 12.1. The minimum absolute atomic E-state index is 0.0193. The summed E-state index contributed by atoms with van der Waals surface area (Å²) in [5.74, 6) is 0.202. The third-order valence-electron chi connectivity index (χ3n) is 3.66. The minimum Gasteiger partial charge on any atom is -0.497 e. The Labute approximate surface area is 150 Å². The van der Waals surface area contributed by atoms with E-state index in [1.807, 2.05) is 27.7 Å². The summed E-state index contributed by atoms with van der Waals surface area (Å²) in [4.78, 5) is 24.7. The van der Waals surface area contributed by atoms with Gasteiger partial charge in [0.1, 0.15) is 11.8 Å². The molecule has 0 heterocycles. The summed E-state index contributed by atoms with van der Waals surface area (Å²) in [6.07, 6.45) is 0.921. The maximum absolute atomic E-state index is 12.4. The van der Waals surface area contributed by atoms with Gasteiger partial charge in [-0.15, -0.1) is 0 Å². The van der Waals surface area contributed by atoms with Gasteiger partial charge in [0.2, 0.25) is 5.91 Å². The third-order valence-corrected chi connectivity index (χ3v) is 3.66. The van der Waals surface area contributed by atoms with Crippen molar-refractivity contribution in [3.8, 4) is 5.75 Å². The zero-order valence-electron chi connectivity index (χ0n) is 15.8. The molecule has 0 saturated heterocycles. The van der Waals surface area contributed by atoms with Crippen molar-refractivity contribution in [3.63, 3.8) is 0 Å². The first-order chi connectivity index (χ1) is 11.8. The number of methoxy groups -OCH3 is 1. The van der Waals surface area contributed by atoms with Crippen molar-refractivity contribution in [3.05, 3.63) is 29.8 Å². The molecule has 1 aromatic rings. The molecule has 2 N–H and O–H groups in total. The van der Waals surface area contributed by atoms with Gasteiger partial charge in [-0.05, 0) is 50.5 Å². The summed E-state index contributed by atoms with van der Waals surface area (Å²) >= 11 is 0. The Morgan fingerprint density at radius 3 is 2.24 bits per heavy atom. The molecule has 0 bridgehead atoms. The van der Waals surface area contributed by atoms with E-state index in [0.717, 1.165) is 6.42 Å². The molecule has 2 amide bonds. The molecule has 1 unspecified atom stereocenters. The fraction of sp³-hybridized carbons (Fsp3) is 0.579. The maximum atomic E-state index is 12.4. The van der Waals surface area contributed by atoms with Crippen molar-refractivity contribution in [2.75, 3.05) is 20.3 Å². The molecule has 6 nitrogen and oxygen atoms in total. The number of amides is 2. The van der Waals surface area contributed by atoms with Crippen LogP contribution in [0.1, 0.15) is 44.5 Å². The topological polar surface area (TPSA) is 76.7 Å². The largest absolute Gasteiger partial charge is 0.497 e. The van der Waals surface area contributed by atoms with E-state index in [-0.39, 0.29) is 23.8 Å². The van der Waals surface area contributed by atoms with Crippen LogP contribution in [0.3, 0.4) is 0 Å². The molecule has 1 rings (SSSR count). The second-order valence-electron chi connectivity index (χ2n) is 6.49. The highest BCUT2D eigenvalue weighted by Crippen LogP contribution is 2.12. The molecule has 0 spiro atoms. The zero-order valence-corrected chi connectivity index (χ0v) is 15.8. The smallest absolute Gasteiger partial charge is 0.251 e. The fourth-order valence-corrected chi connectivity index (χ4v) is 2.21. The van der Waals surface area contributed by atoms with E-state index >= 15 is 0 Å². The van der Waals surface area contributed by atoms with Gasteiger partial charge in [0.05, 0.1) is 13.2 Å². The molecule has 6 heteroatoms. The van der Waals surface area contributed by atoms with Crippen molar-refractivity contribution in [1.82, 2.24) is 10.6 Å². The summed E-state index contributed by atoms with van der Waals surface area (Å²) in [6, 6.07) is 6.20. The second-order valence-corrected chi connectivity index (χ2v) is 6.49. The van der Waals surface area contributed by atoms with Gasteiger partial charge in [-0.1, -0.05) is 13.8 Å². The van der Waals surface area contributed by atoms with Gasteiger partial charge in [-0.25, -0.2) is 0 Å². The molecule has 0 aromatic heterocycles. The lowest BCUT2D eigenvalue weighted by atomic mass is 10.0. The summed E-state index contributed by atoms with van der Waals surface area (Å²) in [7, 11) is 1.57. The van der Waals surface area contributed by atoms with E-state index in [4.69, 9.17) is 9.47 Å². The van der Waals surface area contributed by atoms with E-state index in [1.165, 1.54) is 0 Å². The van der Waals surface area contributed by atoms with Gasteiger partial charge in [-0.3, -0.25) is 9.59 Å². The van der Waals surface area contributed by atoms with Crippen LogP contribution in [-0.2, 0) is 9.53 Å². The van der Waals surface area contributed by atoms with Gasteiger partial charge in [0, 0.05) is 18.7 Å². The molecule has 1 atom stereocenters. The van der Waals surface area contributed by atoms with Crippen LogP contribution in [0, 0.1) is 5.92 Å². The summed E-state index contributed by atoms with van der Waals surface area (Å²) in [5.41, 5.74) is 0.490. The van der Waals surface area contributed by atoms with Crippen LogP contribution in [0.2, 0.25) is 0 Å². The van der Waals surface area contributed by atoms with Crippen molar-refractivity contribution in [1.29, 1.82) is 0 Å². The van der Waals surface area contributed by atoms with Crippen LogP contribution in [0.4, 0.5) is 0 Å². The Hall–Kier alpha value is -2.08. The molecule has 1 aromatic carbocycles. The minimum atomic E-state index is -0.583. The Morgan fingerprint density at radius 2 is 1.72 bits per heavy atom. The van der Waals surface area contributed by atoms with E-state index in [2.05, 4.69) is 10.6 Å². The first-order valence-electron chi connectivity index (χ1n) is 8.69. The molecule has 0 saturated carbocycles. The number of ether oxygens (including phenoxy) is 2.